The van der Waals surface area contributed by atoms with Gasteiger partial charge >= 0.3 is 0 Å². The molecule has 19 heavy (non-hydrogen) atoms. The summed E-state index contributed by atoms with van der Waals surface area (Å²) < 4.78 is 9.48. The van der Waals surface area contributed by atoms with Crippen LogP contribution < -0.4 is 10.2 Å². The molecule has 6 heteroatoms. The zero-order chi connectivity index (χ0) is 13.4. The van der Waals surface area contributed by atoms with E-state index in [0.717, 1.165) is 10.7 Å². The average Bonchev–Trinajstić information content (AvgIpc) is 3.04. The molecule has 0 spiro atoms. The zero-order valence-corrected chi connectivity index (χ0v) is 12.0. The Labute approximate surface area is 115 Å². The molecule has 0 saturated carbocycles. The molecule has 0 aliphatic heterocycles. The molecular weight excluding hydrogens is 260 g/mol. The monoisotopic (exact) mass is 276 g/mol. The second-order valence-electron chi connectivity index (χ2n) is 4.41. The molecule has 0 aliphatic carbocycles. The van der Waals surface area contributed by atoms with Crippen molar-refractivity contribution in [1.82, 2.24) is 14.1 Å². The van der Waals surface area contributed by atoms with Gasteiger partial charge in [0.25, 0.3) is 0 Å². The van der Waals surface area contributed by atoms with Crippen LogP contribution in [0.3, 0.4) is 0 Å². The molecule has 3 rings (SSSR count). The molecule has 0 atom stereocenters. The van der Waals surface area contributed by atoms with Gasteiger partial charge in [0.05, 0.1) is 13.7 Å². The number of imidazole rings is 1. The van der Waals surface area contributed by atoms with Gasteiger partial charge in [-0.25, -0.2) is 0 Å². The van der Waals surface area contributed by atoms with E-state index in [-0.39, 0.29) is 0 Å². The lowest BCUT2D eigenvalue weighted by atomic mass is 10.4. The molecule has 3 heterocycles. The lowest BCUT2D eigenvalue weighted by Gasteiger charge is -2.12. The number of methoxy groups -OCH3 is 1. The molecule has 1 N–H and O–H groups in total. The quantitative estimate of drug-likeness (QED) is 0.796. The zero-order valence-electron chi connectivity index (χ0n) is 11.2. The first-order valence-electron chi connectivity index (χ1n) is 6.08. The number of nitrogens with zero attached hydrogens (tertiary/aromatic N) is 3. The van der Waals surface area contributed by atoms with Crippen molar-refractivity contribution in [2.45, 2.75) is 20.4 Å². The number of aryl methyl sites for hydroxylation is 2. The van der Waals surface area contributed by atoms with E-state index >= 15 is 0 Å². The summed E-state index contributed by atoms with van der Waals surface area (Å²) in [5.74, 6) is 0.682. The van der Waals surface area contributed by atoms with E-state index < -0.39 is 0 Å². The van der Waals surface area contributed by atoms with E-state index in [1.165, 1.54) is 11.4 Å². The smallest absolute Gasteiger partial charge is 0.238 e. The van der Waals surface area contributed by atoms with Gasteiger partial charge < -0.3 is 10.2 Å². The minimum Gasteiger partial charge on any atom is -0.480 e. The van der Waals surface area contributed by atoms with Crippen LogP contribution in [0.15, 0.2) is 23.7 Å². The van der Waals surface area contributed by atoms with Gasteiger partial charge in [-0.15, -0.1) is 11.3 Å². The van der Waals surface area contributed by atoms with Gasteiger partial charge in [-0.1, -0.05) is 0 Å². The molecule has 5 nitrogen and oxygen atoms in total. The van der Waals surface area contributed by atoms with Gasteiger partial charge in [0, 0.05) is 23.0 Å². The largest absolute Gasteiger partial charge is 0.480 e. The third-order valence-electron chi connectivity index (χ3n) is 3.19. The van der Waals surface area contributed by atoms with Gasteiger partial charge in [-0.2, -0.15) is 4.98 Å². The van der Waals surface area contributed by atoms with E-state index in [4.69, 9.17) is 4.74 Å². The van der Waals surface area contributed by atoms with Gasteiger partial charge in [0.1, 0.15) is 5.69 Å². The van der Waals surface area contributed by atoms with E-state index in [2.05, 4.69) is 45.5 Å². The Bertz CT molecular complexity index is 690. The average molecular weight is 276 g/mol. The maximum absolute atomic E-state index is 5.34. The fourth-order valence-corrected chi connectivity index (χ4v) is 2.93. The summed E-state index contributed by atoms with van der Waals surface area (Å²) in [4.78, 5) is 5.40. The maximum Gasteiger partial charge on any atom is 0.238 e. The second-order valence-corrected chi connectivity index (χ2v) is 5.28. The first kappa shape index (κ1) is 12.1. The number of hydrogen-bond acceptors (Lipinski definition) is 4. The van der Waals surface area contributed by atoms with Crippen LogP contribution >= 0.6 is 11.3 Å². The number of aromatic nitrogens is 3. The third-order valence-corrected chi connectivity index (χ3v) is 3.95. The first-order chi connectivity index (χ1) is 9.20. The summed E-state index contributed by atoms with van der Waals surface area (Å²) in [6, 6.07) is 4.19. The Morgan fingerprint density at radius 1 is 1.32 bits per heavy atom. The van der Waals surface area contributed by atoms with Crippen LogP contribution in [-0.2, 0) is 6.54 Å². The molecule has 0 radical (unpaired) electrons. The van der Waals surface area contributed by atoms with Gasteiger partial charge in [0.15, 0.2) is 4.96 Å². The van der Waals surface area contributed by atoms with Crippen molar-refractivity contribution in [2.75, 3.05) is 12.5 Å². The predicted octanol–water partition coefficient (Wildman–Crippen LogP) is 2.57. The predicted molar refractivity (Wildman–Crippen MR) is 76.6 cm³/mol. The Morgan fingerprint density at radius 2 is 2.05 bits per heavy atom. The molecule has 0 fully saturated rings. The third kappa shape index (κ3) is 1.98. The highest BCUT2D eigenvalue weighted by molar-refractivity contribution is 7.15. The number of fused-ring (bicyclic) bond motifs is 1. The summed E-state index contributed by atoms with van der Waals surface area (Å²) in [5, 5.41) is 2.03. The van der Waals surface area contributed by atoms with Crippen LogP contribution in [-0.4, -0.2) is 21.2 Å². The number of hydrogen-bond donors (Lipinski definition) is 1. The van der Waals surface area contributed by atoms with Gasteiger partial charge in [0.2, 0.25) is 5.88 Å². The van der Waals surface area contributed by atoms with E-state index in [1.807, 2.05) is 11.6 Å². The lowest BCUT2D eigenvalue weighted by Crippen LogP contribution is -2.18. The standard InChI is InChI=1S/C13H16N4OS/c1-9-4-5-10(2)17(9)14-8-11-12(18-3)15-13-16(11)6-7-19-13/h4-7,14H,8H2,1-3H3. The Hall–Kier alpha value is -1.95. The minimum absolute atomic E-state index is 0.664. The summed E-state index contributed by atoms with van der Waals surface area (Å²) in [5.41, 5.74) is 6.80. The van der Waals surface area contributed by atoms with E-state index in [0.29, 0.717) is 12.4 Å². The van der Waals surface area contributed by atoms with Crippen molar-refractivity contribution >= 4 is 16.3 Å². The van der Waals surface area contributed by atoms with E-state index in [1.54, 1.807) is 18.4 Å². The molecule has 3 aromatic rings. The van der Waals surface area contributed by atoms with Gasteiger partial charge in [-0.05, 0) is 26.0 Å². The Morgan fingerprint density at radius 3 is 2.74 bits per heavy atom. The second kappa shape index (κ2) is 4.62. The Kier molecular flexibility index (Phi) is 2.94. The van der Waals surface area contributed by atoms with Crippen LogP contribution in [0.2, 0.25) is 0 Å². The summed E-state index contributed by atoms with van der Waals surface area (Å²) in [7, 11) is 1.65. The summed E-state index contributed by atoms with van der Waals surface area (Å²) in [6.07, 6.45) is 2.02. The van der Waals surface area contributed by atoms with Crippen molar-refractivity contribution in [3.63, 3.8) is 0 Å². The van der Waals surface area contributed by atoms with Crippen molar-refractivity contribution in [3.8, 4) is 5.88 Å². The number of nitrogens with one attached hydrogen (secondary N) is 1. The topological polar surface area (TPSA) is 43.5 Å². The van der Waals surface area contributed by atoms with Crippen molar-refractivity contribution < 1.29 is 4.74 Å². The molecule has 3 aromatic heterocycles. The van der Waals surface area contributed by atoms with Crippen LogP contribution in [0.25, 0.3) is 4.96 Å². The summed E-state index contributed by atoms with van der Waals surface area (Å²) >= 11 is 1.60. The minimum atomic E-state index is 0.664. The van der Waals surface area contributed by atoms with Crippen LogP contribution in [0.4, 0.5) is 0 Å². The van der Waals surface area contributed by atoms with Crippen LogP contribution in [0, 0.1) is 13.8 Å². The highest BCUT2D eigenvalue weighted by atomic mass is 32.1. The SMILES string of the molecule is COc1nc2sccn2c1CNn1c(C)ccc1C. The van der Waals surface area contributed by atoms with Crippen molar-refractivity contribution in [3.05, 3.63) is 40.8 Å². The molecule has 0 unspecified atom stereocenters. The molecular formula is C13H16N4OS. The van der Waals surface area contributed by atoms with Crippen molar-refractivity contribution in [1.29, 1.82) is 0 Å². The number of thiazole rings is 1. The van der Waals surface area contributed by atoms with Crippen LogP contribution in [0.5, 0.6) is 5.88 Å². The highest BCUT2D eigenvalue weighted by Gasteiger charge is 2.13. The number of ether oxygens (including phenoxy) is 1. The van der Waals surface area contributed by atoms with Crippen molar-refractivity contribution in [2.24, 2.45) is 0 Å². The molecule has 0 aliphatic rings. The van der Waals surface area contributed by atoms with E-state index in [9.17, 15) is 0 Å². The fourth-order valence-electron chi connectivity index (χ4n) is 2.21. The molecule has 0 bridgehead atoms. The maximum atomic E-state index is 5.34. The molecule has 0 aromatic carbocycles. The summed E-state index contributed by atoms with van der Waals surface area (Å²) in [6.45, 7) is 4.82. The number of rotatable bonds is 4. The molecule has 0 saturated heterocycles. The Balaban J connectivity index is 1.91. The fraction of sp³-hybridized carbons (Fsp3) is 0.308. The highest BCUT2D eigenvalue weighted by Crippen LogP contribution is 2.23. The van der Waals surface area contributed by atoms with Gasteiger partial charge in [-0.3, -0.25) is 9.08 Å². The normalized spacial score (nSPS) is 11.1. The molecule has 0 amide bonds. The molecule has 100 valence electrons. The first-order valence-corrected chi connectivity index (χ1v) is 6.96. The van der Waals surface area contributed by atoms with Crippen LogP contribution in [0.1, 0.15) is 17.1 Å². The lowest BCUT2D eigenvalue weighted by molar-refractivity contribution is 0.395.